The van der Waals surface area contributed by atoms with Gasteiger partial charge in [0.15, 0.2) is 17.5 Å². The molecular formula is C57H36N6. The van der Waals surface area contributed by atoms with Gasteiger partial charge in [0, 0.05) is 66.1 Å². The van der Waals surface area contributed by atoms with Crippen LogP contribution in [0.15, 0.2) is 218 Å². The summed E-state index contributed by atoms with van der Waals surface area (Å²) in [5, 5.41) is 7.16. The van der Waals surface area contributed by atoms with Crippen LogP contribution in [0.3, 0.4) is 0 Å². The SMILES string of the molecule is c1ccc(-c2nc(-c3ccccc3)nc(-c3cc(-n4c5ccccc5c5ccccc54)cc(-n4c5ccccc5c5ccc6c7ccccc7n(-c7ccccc7)c6c54)c3)n2)cc1. The molecule has 13 aromatic rings. The fraction of sp³-hybridized carbons (Fsp3) is 0. The van der Waals surface area contributed by atoms with Crippen molar-refractivity contribution in [2.24, 2.45) is 0 Å². The molecule has 294 valence electrons. The van der Waals surface area contributed by atoms with Crippen LogP contribution in [0, 0.1) is 0 Å². The molecule has 0 saturated heterocycles. The maximum atomic E-state index is 5.28. The first-order valence-electron chi connectivity index (χ1n) is 21.3. The van der Waals surface area contributed by atoms with Crippen LogP contribution in [0.2, 0.25) is 0 Å². The van der Waals surface area contributed by atoms with E-state index < -0.39 is 0 Å². The van der Waals surface area contributed by atoms with Gasteiger partial charge in [0.05, 0.1) is 33.1 Å². The summed E-state index contributed by atoms with van der Waals surface area (Å²) >= 11 is 0. The summed E-state index contributed by atoms with van der Waals surface area (Å²) in [6.45, 7) is 0. The van der Waals surface area contributed by atoms with Crippen LogP contribution in [-0.2, 0) is 0 Å². The largest absolute Gasteiger partial charge is 0.309 e. The van der Waals surface area contributed by atoms with Crippen molar-refractivity contribution in [3.05, 3.63) is 218 Å². The second-order valence-electron chi connectivity index (χ2n) is 16.0. The molecule has 0 radical (unpaired) electrons. The summed E-state index contributed by atoms with van der Waals surface area (Å²) < 4.78 is 7.29. The Labute approximate surface area is 362 Å². The second kappa shape index (κ2) is 14.0. The van der Waals surface area contributed by atoms with E-state index in [0.717, 1.165) is 66.9 Å². The number of benzene rings is 9. The molecular weight excluding hydrogens is 769 g/mol. The zero-order chi connectivity index (χ0) is 41.4. The molecule has 0 atom stereocenters. The summed E-state index contributed by atoms with van der Waals surface area (Å²) in [6.07, 6.45) is 0. The average Bonchev–Trinajstić information content (AvgIpc) is 4.01. The zero-order valence-corrected chi connectivity index (χ0v) is 34.0. The highest BCUT2D eigenvalue weighted by Crippen LogP contribution is 2.43. The molecule has 0 aliphatic carbocycles. The third-order valence-corrected chi connectivity index (χ3v) is 12.4. The Morgan fingerprint density at radius 2 is 0.571 bits per heavy atom. The lowest BCUT2D eigenvalue weighted by Gasteiger charge is -2.17. The smallest absolute Gasteiger partial charge is 0.164 e. The number of hydrogen-bond acceptors (Lipinski definition) is 3. The van der Waals surface area contributed by atoms with Gasteiger partial charge in [-0.2, -0.15) is 0 Å². The van der Waals surface area contributed by atoms with Gasteiger partial charge in [-0.05, 0) is 54.6 Å². The highest BCUT2D eigenvalue weighted by atomic mass is 15.1. The summed E-state index contributed by atoms with van der Waals surface area (Å²) in [5.74, 6) is 1.83. The van der Waals surface area contributed by atoms with E-state index in [1.807, 2.05) is 36.4 Å². The van der Waals surface area contributed by atoms with Crippen molar-refractivity contribution in [2.45, 2.75) is 0 Å². The number of nitrogens with zero attached hydrogens (tertiary/aromatic N) is 6. The van der Waals surface area contributed by atoms with Crippen molar-refractivity contribution in [3.8, 4) is 51.2 Å². The Morgan fingerprint density at radius 1 is 0.238 bits per heavy atom. The number of para-hydroxylation sites is 5. The molecule has 6 nitrogen and oxygen atoms in total. The van der Waals surface area contributed by atoms with Crippen LogP contribution >= 0.6 is 0 Å². The van der Waals surface area contributed by atoms with Crippen molar-refractivity contribution in [3.63, 3.8) is 0 Å². The quantitative estimate of drug-likeness (QED) is 0.168. The third kappa shape index (κ3) is 5.48. The predicted molar refractivity (Wildman–Crippen MR) is 259 cm³/mol. The summed E-state index contributed by atoms with van der Waals surface area (Å²) in [7, 11) is 0. The fourth-order valence-corrected chi connectivity index (χ4v) is 9.73. The van der Waals surface area contributed by atoms with Gasteiger partial charge in [0.25, 0.3) is 0 Å². The van der Waals surface area contributed by atoms with Crippen molar-refractivity contribution in [1.82, 2.24) is 28.7 Å². The predicted octanol–water partition coefficient (Wildman–Crippen LogP) is 14.2. The molecule has 4 heterocycles. The van der Waals surface area contributed by atoms with Gasteiger partial charge in [0.2, 0.25) is 0 Å². The topological polar surface area (TPSA) is 53.5 Å². The molecule has 0 fully saturated rings. The molecule has 0 amide bonds. The lowest BCUT2D eigenvalue weighted by atomic mass is 10.1. The van der Waals surface area contributed by atoms with E-state index in [1.54, 1.807) is 0 Å². The van der Waals surface area contributed by atoms with E-state index >= 15 is 0 Å². The average molecular weight is 805 g/mol. The van der Waals surface area contributed by atoms with Gasteiger partial charge in [-0.1, -0.05) is 164 Å². The van der Waals surface area contributed by atoms with Crippen LogP contribution < -0.4 is 0 Å². The summed E-state index contributed by atoms with van der Waals surface area (Å²) in [6, 6.07) is 77.4. The van der Waals surface area contributed by atoms with E-state index in [0.29, 0.717) is 17.5 Å². The van der Waals surface area contributed by atoms with Gasteiger partial charge in [-0.15, -0.1) is 0 Å². The van der Waals surface area contributed by atoms with E-state index in [9.17, 15) is 0 Å². The van der Waals surface area contributed by atoms with E-state index in [-0.39, 0.29) is 0 Å². The highest BCUT2D eigenvalue weighted by molar-refractivity contribution is 6.24. The molecule has 0 bridgehead atoms. The molecule has 0 spiro atoms. The minimum atomic E-state index is 0.593. The maximum Gasteiger partial charge on any atom is 0.164 e. The normalized spacial score (nSPS) is 11.8. The number of hydrogen-bond donors (Lipinski definition) is 0. The standard InChI is InChI=1S/C57H36N6/c1-4-18-37(19-5-1)55-58-56(38-20-6-2-7-21-38)60-57(59-55)39-34-41(61-49-28-14-10-24-43(49)44-25-11-15-29-50(44)61)36-42(35-39)63-52-31-17-13-27-46(52)48-33-32-47-45-26-12-16-30-51(45)62(53(47)54(48)63)40-22-8-3-9-23-40/h1-36H. The Balaban J connectivity index is 1.19. The van der Waals surface area contributed by atoms with E-state index in [1.165, 1.54) is 32.3 Å². The first kappa shape index (κ1) is 35.2. The Hall–Kier alpha value is -8.61. The molecule has 6 heteroatoms. The van der Waals surface area contributed by atoms with Gasteiger partial charge in [-0.25, -0.2) is 15.0 Å². The Morgan fingerprint density at radius 3 is 1.03 bits per heavy atom. The molecule has 63 heavy (non-hydrogen) atoms. The lowest BCUT2D eigenvalue weighted by molar-refractivity contribution is 1.07. The van der Waals surface area contributed by atoms with E-state index in [2.05, 4.69) is 196 Å². The van der Waals surface area contributed by atoms with Gasteiger partial charge < -0.3 is 13.7 Å². The second-order valence-corrected chi connectivity index (χ2v) is 16.0. The minimum Gasteiger partial charge on any atom is -0.309 e. The third-order valence-electron chi connectivity index (χ3n) is 12.4. The highest BCUT2D eigenvalue weighted by Gasteiger charge is 2.23. The van der Waals surface area contributed by atoms with Crippen molar-refractivity contribution in [1.29, 1.82) is 0 Å². The minimum absolute atomic E-state index is 0.593. The van der Waals surface area contributed by atoms with Crippen LogP contribution in [0.1, 0.15) is 0 Å². The number of fused-ring (bicyclic) bond motifs is 10. The Bertz CT molecular complexity index is 3790. The van der Waals surface area contributed by atoms with Crippen molar-refractivity contribution >= 4 is 65.4 Å². The molecule has 0 saturated carbocycles. The fourth-order valence-electron chi connectivity index (χ4n) is 9.73. The monoisotopic (exact) mass is 804 g/mol. The molecule has 0 aliphatic heterocycles. The summed E-state index contributed by atoms with van der Waals surface area (Å²) in [4.78, 5) is 15.6. The van der Waals surface area contributed by atoms with Gasteiger partial charge >= 0.3 is 0 Å². The number of rotatable bonds is 6. The molecule has 0 aliphatic rings. The Kier molecular flexibility index (Phi) is 7.80. The first-order chi connectivity index (χ1) is 31.3. The van der Waals surface area contributed by atoms with Crippen LogP contribution in [0.5, 0.6) is 0 Å². The lowest BCUT2D eigenvalue weighted by Crippen LogP contribution is -2.04. The first-order valence-corrected chi connectivity index (χ1v) is 21.3. The molecule has 13 rings (SSSR count). The van der Waals surface area contributed by atoms with Gasteiger partial charge in [-0.3, -0.25) is 0 Å². The van der Waals surface area contributed by atoms with Crippen LogP contribution in [0.4, 0.5) is 0 Å². The zero-order valence-electron chi connectivity index (χ0n) is 34.0. The molecule has 0 unspecified atom stereocenters. The number of aromatic nitrogens is 6. The molecule has 9 aromatic carbocycles. The van der Waals surface area contributed by atoms with E-state index in [4.69, 9.17) is 15.0 Å². The molecule has 4 aromatic heterocycles. The van der Waals surface area contributed by atoms with Gasteiger partial charge in [0.1, 0.15) is 0 Å². The maximum absolute atomic E-state index is 5.28. The van der Waals surface area contributed by atoms with Crippen molar-refractivity contribution in [2.75, 3.05) is 0 Å². The van der Waals surface area contributed by atoms with Crippen LogP contribution in [-0.4, -0.2) is 28.7 Å². The molecule has 0 N–H and O–H groups in total. The summed E-state index contributed by atoms with van der Waals surface area (Å²) in [5.41, 5.74) is 12.6. The van der Waals surface area contributed by atoms with Crippen molar-refractivity contribution < 1.29 is 0 Å². The van der Waals surface area contributed by atoms with Crippen LogP contribution in [0.25, 0.3) is 117 Å².